The molecule has 1 aromatic carbocycles. The molecule has 88 valence electrons. The summed E-state index contributed by atoms with van der Waals surface area (Å²) in [6.45, 7) is 0. The first-order valence-electron chi connectivity index (χ1n) is 5.73. The quantitative estimate of drug-likeness (QED) is 0.632. The van der Waals surface area contributed by atoms with Crippen LogP contribution in [0, 0.1) is 5.92 Å². The second-order valence-corrected chi connectivity index (χ2v) is 6.71. The van der Waals surface area contributed by atoms with Crippen LogP contribution in [0.25, 0.3) is 0 Å². The maximum absolute atomic E-state index is 6.19. The third kappa shape index (κ3) is 3.38. The van der Waals surface area contributed by atoms with Crippen molar-refractivity contribution in [2.45, 2.75) is 36.9 Å². The maximum Gasteiger partial charge on any atom is 0.0452 e. The number of rotatable bonds is 2. The van der Waals surface area contributed by atoms with E-state index in [4.69, 9.17) is 23.2 Å². The van der Waals surface area contributed by atoms with Gasteiger partial charge in [-0.3, -0.25) is 0 Å². The molecule has 0 bridgehead atoms. The first-order chi connectivity index (χ1) is 7.65. The van der Waals surface area contributed by atoms with E-state index in [9.17, 15) is 0 Å². The first-order valence-corrected chi connectivity index (χ1v) is 7.40. The number of halogens is 3. The van der Waals surface area contributed by atoms with Crippen LogP contribution >= 0.6 is 39.1 Å². The molecule has 0 heterocycles. The van der Waals surface area contributed by atoms with E-state index in [2.05, 4.69) is 22.0 Å². The topological polar surface area (TPSA) is 0 Å². The Morgan fingerprint density at radius 2 is 2.06 bits per heavy atom. The fraction of sp³-hybridized carbons (Fsp3) is 0.538. The van der Waals surface area contributed by atoms with E-state index < -0.39 is 0 Å². The van der Waals surface area contributed by atoms with Crippen LogP contribution in [0.4, 0.5) is 0 Å². The highest BCUT2D eigenvalue weighted by molar-refractivity contribution is 9.09. The average molecular weight is 322 g/mol. The van der Waals surface area contributed by atoms with Crippen LogP contribution in [-0.2, 0) is 6.42 Å². The molecule has 0 amide bonds. The minimum Gasteiger partial charge on any atom is -0.0891 e. The largest absolute Gasteiger partial charge is 0.0891 e. The standard InChI is InChI=1S/C13H15BrCl2/c14-11-3-1-2-9(7-11)6-10-4-5-12(15)8-13(10)16/h4-5,8-9,11H,1-3,6-7H2. The lowest BCUT2D eigenvalue weighted by Crippen LogP contribution is -2.17. The Morgan fingerprint density at radius 1 is 1.25 bits per heavy atom. The number of hydrogen-bond donors (Lipinski definition) is 0. The summed E-state index contributed by atoms with van der Waals surface area (Å²) >= 11 is 15.8. The van der Waals surface area contributed by atoms with Crippen molar-refractivity contribution in [3.05, 3.63) is 33.8 Å². The molecule has 0 aromatic heterocycles. The van der Waals surface area contributed by atoms with Gasteiger partial charge < -0.3 is 0 Å². The molecule has 0 saturated heterocycles. The zero-order valence-electron chi connectivity index (χ0n) is 9.06. The Balaban J connectivity index is 2.02. The van der Waals surface area contributed by atoms with E-state index in [1.165, 1.54) is 31.2 Å². The molecule has 2 rings (SSSR count). The lowest BCUT2D eigenvalue weighted by Gasteiger charge is -2.25. The number of alkyl halides is 1. The van der Waals surface area contributed by atoms with Crippen LogP contribution < -0.4 is 0 Å². The fourth-order valence-electron chi connectivity index (χ4n) is 2.41. The average Bonchev–Trinajstić information content (AvgIpc) is 2.22. The van der Waals surface area contributed by atoms with Crippen LogP contribution in [0.15, 0.2) is 18.2 Å². The van der Waals surface area contributed by atoms with Crippen LogP contribution in [-0.4, -0.2) is 4.83 Å². The Morgan fingerprint density at radius 3 is 2.75 bits per heavy atom. The number of hydrogen-bond acceptors (Lipinski definition) is 0. The summed E-state index contributed by atoms with van der Waals surface area (Å²) in [4.78, 5) is 0.692. The Labute approximate surface area is 115 Å². The van der Waals surface area contributed by atoms with E-state index in [-0.39, 0.29) is 0 Å². The van der Waals surface area contributed by atoms with Gasteiger partial charge in [0.1, 0.15) is 0 Å². The molecular formula is C13H15BrCl2. The molecule has 2 unspecified atom stereocenters. The van der Waals surface area contributed by atoms with E-state index >= 15 is 0 Å². The summed E-state index contributed by atoms with van der Waals surface area (Å²) in [7, 11) is 0. The highest BCUT2D eigenvalue weighted by Gasteiger charge is 2.20. The first kappa shape index (κ1) is 12.7. The molecular weight excluding hydrogens is 307 g/mol. The van der Waals surface area contributed by atoms with E-state index in [0.29, 0.717) is 4.83 Å². The minimum absolute atomic E-state index is 0.692. The van der Waals surface area contributed by atoms with Crippen LogP contribution in [0.2, 0.25) is 10.0 Å². The van der Waals surface area contributed by atoms with Crippen molar-refractivity contribution >= 4 is 39.1 Å². The van der Waals surface area contributed by atoms with Gasteiger partial charge >= 0.3 is 0 Å². The lowest BCUT2D eigenvalue weighted by molar-refractivity contribution is 0.368. The van der Waals surface area contributed by atoms with Gasteiger partial charge in [-0.15, -0.1) is 0 Å². The van der Waals surface area contributed by atoms with E-state index in [0.717, 1.165) is 22.4 Å². The van der Waals surface area contributed by atoms with Crippen molar-refractivity contribution < 1.29 is 0 Å². The summed E-state index contributed by atoms with van der Waals surface area (Å²) in [6.07, 6.45) is 6.30. The Bertz CT molecular complexity index is 365. The van der Waals surface area contributed by atoms with Crippen molar-refractivity contribution in [3.8, 4) is 0 Å². The predicted molar refractivity (Wildman–Crippen MR) is 74.8 cm³/mol. The molecule has 1 saturated carbocycles. The Kier molecular flexibility index (Phi) is 4.57. The summed E-state index contributed by atoms with van der Waals surface area (Å²) < 4.78 is 0. The van der Waals surface area contributed by atoms with E-state index in [1.54, 1.807) is 0 Å². The second-order valence-electron chi connectivity index (χ2n) is 4.57. The third-order valence-corrected chi connectivity index (χ3v) is 4.66. The fourth-order valence-corrected chi connectivity index (χ4v) is 3.75. The molecule has 0 nitrogen and oxygen atoms in total. The molecule has 1 aromatic rings. The number of benzene rings is 1. The second kappa shape index (κ2) is 5.75. The zero-order valence-corrected chi connectivity index (χ0v) is 12.2. The van der Waals surface area contributed by atoms with Crippen molar-refractivity contribution in [1.29, 1.82) is 0 Å². The molecule has 0 spiro atoms. The maximum atomic E-state index is 6.19. The minimum atomic E-state index is 0.692. The highest BCUT2D eigenvalue weighted by atomic mass is 79.9. The van der Waals surface area contributed by atoms with Crippen molar-refractivity contribution in [1.82, 2.24) is 0 Å². The van der Waals surface area contributed by atoms with Gasteiger partial charge in [-0.1, -0.05) is 58.0 Å². The highest BCUT2D eigenvalue weighted by Crippen LogP contribution is 2.33. The lowest BCUT2D eigenvalue weighted by atomic mass is 9.85. The molecule has 0 N–H and O–H groups in total. The molecule has 0 radical (unpaired) electrons. The third-order valence-electron chi connectivity index (χ3n) is 3.24. The monoisotopic (exact) mass is 320 g/mol. The normalized spacial score (nSPS) is 25.7. The van der Waals surface area contributed by atoms with Gasteiger partial charge in [-0.2, -0.15) is 0 Å². The molecule has 0 aliphatic heterocycles. The van der Waals surface area contributed by atoms with Gasteiger partial charge in [0.2, 0.25) is 0 Å². The summed E-state index contributed by atoms with van der Waals surface area (Å²) in [5.74, 6) is 0.761. The summed E-state index contributed by atoms with van der Waals surface area (Å²) in [6, 6.07) is 5.83. The van der Waals surface area contributed by atoms with Crippen molar-refractivity contribution in [2.75, 3.05) is 0 Å². The molecule has 1 aliphatic rings. The zero-order chi connectivity index (χ0) is 11.5. The van der Waals surface area contributed by atoms with Crippen molar-refractivity contribution in [2.24, 2.45) is 5.92 Å². The van der Waals surface area contributed by atoms with E-state index in [1.807, 2.05) is 12.1 Å². The molecule has 1 aliphatic carbocycles. The summed E-state index contributed by atoms with van der Waals surface area (Å²) in [5.41, 5.74) is 1.23. The predicted octanol–water partition coefficient (Wildman–Crippen LogP) is 5.49. The molecule has 2 atom stereocenters. The van der Waals surface area contributed by atoms with Gasteiger partial charge in [0.15, 0.2) is 0 Å². The van der Waals surface area contributed by atoms with Crippen LogP contribution in [0.3, 0.4) is 0 Å². The smallest absolute Gasteiger partial charge is 0.0452 e. The van der Waals surface area contributed by atoms with Gasteiger partial charge in [0, 0.05) is 14.9 Å². The van der Waals surface area contributed by atoms with Crippen LogP contribution in [0.1, 0.15) is 31.2 Å². The Hall–Kier alpha value is 0.280. The SMILES string of the molecule is Clc1ccc(CC2CCCC(Br)C2)c(Cl)c1. The molecule has 16 heavy (non-hydrogen) atoms. The van der Waals surface area contributed by atoms with Crippen molar-refractivity contribution in [3.63, 3.8) is 0 Å². The van der Waals surface area contributed by atoms with Gasteiger partial charge in [0.05, 0.1) is 0 Å². The van der Waals surface area contributed by atoms with Crippen LogP contribution in [0.5, 0.6) is 0 Å². The molecule has 1 fully saturated rings. The summed E-state index contributed by atoms with van der Waals surface area (Å²) in [5, 5.41) is 1.53. The van der Waals surface area contributed by atoms with Gasteiger partial charge in [-0.05, 0) is 42.9 Å². The molecule has 3 heteroatoms. The van der Waals surface area contributed by atoms with Gasteiger partial charge in [-0.25, -0.2) is 0 Å². The van der Waals surface area contributed by atoms with Gasteiger partial charge in [0.25, 0.3) is 0 Å².